The van der Waals surface area contributed by atoms with Gasteiger partial charge in [-0.3, -0.25) is 4.79 Å². The smallest absolute Gasteiger partial charge is 0.310 e. The quantitative estimate of drug-likeness (QED) is 0.736. The van der Waals surface area contributed by atoms with Crippen LogP contribution in [0, 0.1) is 0 Å². The highest BCUT2D eigenvalue weighted by Crippen LogP contribution is 2.17. The molecule has 0 fully saturated rings. The molecule has 0 aliphatic carbocycles. The zero-order valence-corrected chi connectivity index (χ0v) is 10.7. The van der Waals surface area contributed by atoms with Gasteiger partial charge in [-0.15, -0.1) is 11.3 Å². The van der Waals surface area contributed by atoms with E-state index in [0.717, 1.165) is 9.75 Å². The average Bonchev–Trinajstić information content (AvgIpc) is 2.76. The topological polar surface area (TPSA) is 58.6 Å². The van der Waals surface area contributed by atoms with Crippen LogP contribution >= 0.6 is 11.3 Å². The molecule has 4 nitrogen and oxygen atoms in total. The highest BCUT2D eigenvalue weighted by atomic mass is 32.1. The molecule has 0 aromatic carbocycles. The van der Waals surface area contributed by atoms with Gasteiger partial charge in [-0.2, -0.15) is 0 Å². The molecule has 0 spiro atoms. The number of hydrogen-bond donors (Lipinski definition) is 2. The molecule has 0 aliphatic rings. The van der Waals surface area contributed by atoms with Crippen LogP contribution in [0.1, 0.15) is 9.75 Å². The van der Waals surface area contributed by atoms with Gasteiger partial charge in [0.05, 0.1) is 13.5 Å². The van der Waals surface area contributed by atoms with Crippen molar-refractivity contribution >= 4 is 17.3 Å². The third-order valence-electron chi connectivity index (χ3n) is 2.21. The Morgan fingerprint density at radius 2 is 2.17 bits per heavy atom. The number of aliphatic hydroxyl groups is 1. The van der Waals surface area contributed by atoms with Crippen LogP contribution in [0.4, 0.5) is 8.78 Å². The Kier molecular flexibility index (Phi) is 6.17. The number of nitrogens with one attached hydrogen (secondary N) is 1. The molecule has 18 heavy (non-hydrogen) atoms. The Bertz CT molecular complexity index is 384. The molecule has 0 aliphatic heterocycles. The molecule has 1 rings (SSSR count). The van der Waals surface area contributed by atoms with Crippen molar-refractivity contribution in [2.24, 2.45) is 0 Å². The van der Waals surface area contributed by atoms with Gasteiger partial charge in [-0.1, -0.05) is 0 Å². The zero-order chi connectivity index (χ0) is 13.5. The first-order chi connectivity index (χ1) is 8.52. The number of thiophene rings is 1. The Morgan fingerprint density at radius 1 is 1.50 bits per heavy atom. The molecule has 1 heterocycles. The minimum absolute atomic E-state index is 0.165. The second-order valence-electron chi connectivity index (χ2n) is 3.65. The maximum atomic E-state index is 12.0. The predicted octanol–water partition coefficient (Wildman–Crippen LogP) is 1.18. The Labute approximate surface area is 108 Å². The van der Waals surface area contributed by atoms with Gasteiger partial charge < -0.3 is 15.2 Å². The van der Waals surface area contributed by atoms with E-state index in [4.69, 9.17) is 5.11 Å². The summed E-state index contributed by atoms with van der Waals surface area (Å²) in [6.07, 6.45) is -4.18. The molecule has 1 unspecified atom stereocenters. The van der Waals surface area contributed by atoms with Gasteiger partial charge in [-0.25, -0.2) is 8.78 Å². The fraction of sp³-hybridized carbons (Fsp3) is 0.545. The summed E-state index contributed by atoms with van der Waals surface area (Å²) in [5, 5.41) is 11.6. The van der Waals surface area contributed by atoms with E-state index in [-0.39, 0.29) is 18.9 Å². The first-order valence-electron chi connectivity index (χ1n) is 5.34. The van der Waals surface area contributed by atoms with Crippen molar-refractivity contribution < 1.29 is 23.4 Å². The number of halogens is 2. The Balaban J connectivity index is 2.33. The summed E-state index contributed by atoms with van der Waals surface area (Å²) in [4.78, 5) is 12.8. The lowest BCUT2D eigenvalue weighted by Gasteiger charge is -2.09. The van der Waals surface area contributed by atoms with Crippen LogP contribution in [0.3, 0.4) is 0 Å². The highest BCUT2D eigenvalue weighted by molar-refractivity contribution is 7.12. The lowest BCUT2D eigenvalue weighted by atomic mass is 10.3. The van der Waals surface area contributed by atoms with Crippen molar-refractivity contribution in [3.05, 3.63) is 21.9 Å². The molecule has 0 amide bonds. The molecule has 0 bridgehead atoms. The van der Waals surface area contributed by atoms with Crippen LogP contribution in [0.2, 0.25) is 0 Å². The maximum absolute atomic E-state index is 12.0. The average molecular weight is 279 g/mol. The van der Waals surface area contributed by atoms with E-state index in [1.807, 2.05) is 6.07 Å². The van der Waals surface area contributed by atoms with Crippen molar-refractivity contribution in [2.75, 3.05) is 13.7 Å². The normalized spacial score (nSPS) is 12.7. The van der Waals surface area contributed by atoms with Gasteiger partial charge in [0.15, 0.2) is 0 Å². The SMILES string of the molecule is COC(=O)Cc1ccc(CNCC(O)C(F)F)s1. The van der Waals surface area contributed by atoms with E-state index in [0.29, 0.717) is 6.54 Å². The lowest BCUT2D eigenvalue weighted by molar-refractivity contribution is -0.139. The third-order valence-corrected chi connectivity index (χ3v) is 3.29. The maximum Gasteiger partial charge on any atom is 0.310 e. The van der Waals surface area contributed by atoms with Crippen molar-refractivity contribution in [1.82, 2.24) is 5.32 Å². The van der Waals surface area contributed by atoms with E-state index in [9.17, 15) is 13.6 Å². The number of rotatable bonds is 7. The lowest BCUT2D eigenvalue weighted by Crippen LogP contribution is -2.31. The highest BCUT2D eigenvalue weighted by Gasteiger charge is 2.15. The molecular weight excluding hydrogens is 264 g/mol. The predicted molar refractivity (Wildman–Crippen MR) is 63.8 cm³/mol. The number of hydrogen-bond acceptors (Lipinski definition) is 5. The van der Waals surface area contributed by atoms with Crippen molar-refractivity contribution in [3.8, 4) is 0 Å². The number of carbonyl (C=O) groups is 1. The molecule has 2 N–H and O–H groups in total. The van der Waals surface area contributed by atoms with Gasteiger partial charge in [-0.05, 0) is 12.1 Å². The molecule has 1 aromatic rings. The zero-order valence-electron chi connectivity index (χ0n) is 9.86. The van der Waals surface area contributed by atoms with Gasteiger partial charge >= 0.3 is 5.97 Å². The summed E-state index contributed by atoms with van der Waals surface area (Å²) in [7, 11) is 1.32. The number of alkyl halides is 2. The molecule has 7 heteroatoms. The number of esters is 1. The standard InChI is InChI=1S/C11H15F2NO3S/c1-17-10(16)4-7-2-3-8(18-7)5-14-6-9(15)11(12)13/h2-3,9,11,14-15H,4-6H2,1H3. The van der Waals surface area contributed by atoms with Crippen LogP contribution < -0.4 is 5.32 Å². The summed E-state index contributed by atoms with van der Waals surface area (Å²) in [6.45, 7) is 0.220. The summed E-state index contributed by atoms with van der Waals surface area (Å²) in [6, 6.07) is 3.60. The van der Waals surface area contributed by atoms with Crippen LogP contribution in [-0.2, 0) is 22.5 Å². The van der Waals surface area contributed by atoms with E-state index in [2.05, 4.69) is 10.1 Å². The molecule has 1 atom stereocenters. The summed E-state index contributed by atoms with van der Waals surface area (Å²) < 4.78 is 28.5. The number of methoxy groups -OCH3 is 1. The largest absolute Gasteiger partial charge is 0.469 e. The van der Waals surface area contributed by atoms with Crippen LogP contribution in [0.15, 0.2) is 12.1 Å². The fourth-order valence-electron chi connectivity index (χ4n) is 1.26. The van der Waals surface area contributed by atoms with Crippen molar-refractivity contribution in [1.29, 1.82) is 0 Å². The minimum Gasteiger partial charge on any atom is -0.469 e. The number of aliphatic hydroxyl groups excluding tert-OH is 1. The van der Waals surface area contributed by atoms with Crippen molar-refractivity contribution in [3.63, 3.8) is 0 Å². The van der Waals surface area contributed by atoms with E-state index >= 15 is 0 Å². The third kappa shape index (κ3) is 5.07. The molecule has 0 radical (unpaired) electrons. The van der Waals surface area contributed by atoms with Crippen LogP contribution in [0.25, 0.3) is 0 Å². The minimum atomic E-state index is -2.74. The Hall–Kier alpha value is -1.05. The van der Waals surface area contributed by atoms with E-state index in [1.54, 1.807) is 6.07 Å². The molecule has 102 valence electrons. The number of carbonyl (C=O) groups excluding carboxylic acids is 1. The molecule has 0 saturated carbocycles. The van der Waals surface area contributed by atoms with Gasteiger partial charge in [0.1, 0.15) is 6.10 Å². The monoisotopic (exact) mass is 279 g/mol. The van der Waals surface area contributed by atoms with Gasteiger partial charge in [0, 0.05) is 22.8 Å². The van der Waals surface area contributed by atoms with E-state index < -0.39 is 12.5 Å². The molecule has 1 aromatic heterocycles. The summed E-state index contributed by atoms with van der Waals surface area (Å²) in [5.74, 6) is -0.315. The first kappa shape index (κ1) is 15.0. The van der Waals surface area contributed by atoms with Crippen molar-refractivity contribution in [2.45, 2.75) is 25.5 Å². The number of ether oxygens (including phenoxy) is 1. The first-order valence-corrected chi connectivity index (χ1v) is 6.16. The molecule has 0 saturated heterocycles. The van der Waals surface area contributed by atoms with Crippen LogP contribution in [-0.4, -0.2) is 37.3 Å². The summed E-state index contributed by atoms with van der Waals surface area (Å²) >= 11 is 1.40. The second kappa shape index (κ2) is 7.40. The fourth-order valence-corrected chi connectivity index (χ4v) is 2.23. The van der Waals surface area contributed by atoms with Gasteiger partial charge in [0.25, 0.3) is 6.43 Å². The second-order valence-corrected chi connectivity index (χ2v) is 4.91. The van der Waals surface area contributed by atoms with E-state index in [1.165, 1.54) is 18.4 Å². The van der Waals surface area contributed by atoms with Gasteiger partial charge in [0.2, 0.25) is 0 Å². The van der Waals surface area contributed by atoms with Crippen LogP contribution in [0.5, 0.6) is 0 Å². The Morgan fingerprint density at radius 3 is 2.78 bits per heavy atom. The molecular formula is C11H15F2NO3S. The summed E-state index contributed by atoms with van der Waals surface area (Å²) in [5.41, 5.74) is 0.